The Hall–Kier alpha value is -1.95. The van der Waals surface area contributed by atoms with Gasteiger partial charge >= 0.3 is 0 Å². The number of rotatable bonds is 5. The molecule has 1 amide bonds. The van der Waals surface area contributed by atoms with E-state index < -0.39 is 0 Å². The van der Waals surface area contributed by atoms with Crippen LogP contribution >= 0.6 is 11.6 Å². The summed E-state index contributed by atoms with van der Waals surface area (Å²) < 4.78 is 0. The minimum Gasteiger partial charge on any atom is -0.346 e. The van der Waals surface area contributed by atoms with Gasteiger partial charge in [0.2, 0.25) is 5.91 Å². The molecular formula is C13H16ClN5O. The van der Waals surface area contributed by atoms with Crippen molar-refractivity contribution in [2.24, 2.45) is 0 Å². The third kappa shape index (κ3) is 3.77. The summed E-state index contributed by atoms with van der Waals surface area (Å²) in [4.78, 5) is 11.8. The minimum atomic E-state index is -0.261. The van der Waals surface area contributed by atoms with Crippen LogP contribution in [0.3, 0.4) is 0 Å². The maximum absolute atomic E-state index is 11.8. The second-order valence-electron chi connectivity index (χ2n) is 4.64. The Morgan fingerprint density at radius 2 is 2.30 bits per heavy atom. The Labute approximate surface area is 121 Å². The van der Waals surface area contributed by atoms with E-state index in [2.05, 4.69) is 25.9 Å². The smallest absolute Gasteiger partial charge is 0.220 e. The van der Waals surface area contributed by atoms with Crippen LogP contribution in [0.15, 0.2) is 18.2 Å². The number of benzene rings is 1. The number of hydrogen-bond donors (Lipinski definition) is 2. The Kier molecular flexibility index (Phi) is 4.68. The monoisotopic (exact) mass is 293 g/mol. The molecule has 106 valence electrons. The average molecular weight is 294 g/mol. The average Bonchev–Trinajstić information content (AvgIpc) is 2.94. The molecule has 6 nitrogen and oxygen atoms in total. The molecule has 2 aromatic rings. The van der Waals surface area contributed by atoms with Gasteiger partial charge in [0.05, 0.1) is 6.04 Å². The lowest BCUT2D eigenvalue weighted by Gasteiger charge is -2.10. The predicted octanol–water partition coefficient (Wildman–Crippen LogP) is 1.97. The Morgan fingerprint density at radius 3 is 2.95 bits per heavy atom. The van der Waals surface area contributed by atoms with Crippen molar-refractivity contribution in [2.45, 2.75) is 32.7 Å². The molecular weight excluding hydrogens is 278 g/mol. The summed E-state index contributed by atoms with van der Waals surface area (Å²) in [6.45, 7) is 3.76. The second-order valence-corrected chi connectivity index (χ2v) is 5.05. The molecule has 0 aliphatic heterocycles. The number of aryl methyl sites for hydroxylation is 2. The van der Waals surface area contributed by atoms with E-state index in [1.807, 2.05) is 32.0 Å². The van der Waals surface area contributed by atoms with Gasteiger partial charge in [-0.15, -0.1) is 10.2 Å². The van der Waals surface area contributed by atoms with Gasteiger partial charge in [0.25, 0.3) is 0 Å². The minimum absolute atomic E-state index is 0.0565. The normalized spacial score (nSPS) is 12.2. The van der Waals surface area contributed by atoms with Crippen molar-refractivity contribution in [3.8, 4) is 0 Å². The largest absolute Gasteiger partial charge is 0.346 e. The van der Waals surface area contributed by atoms with Gasteiger partial charge in [-0.2, -0.15) is 5.21 Å². The summed E-state index contributed by atoms with van der Waals surface area (Å²) in [5.41, 5.74) is 2.08. The molecule has 1 aromatic heterocycles. The lowest BCUT2D eigenvalue weighted by Crippen LogP contribution is -2.27. The van der Waals surface area contributed by atoms with Crippen molar-refractivity contribution in [1.82, 2.24) is 25.9 Å². The van der Waals surface area contributed by atoms with E-state index in [1.54, 1.807) is 0 Å². The molecule has 1 heterocycles. The summed E-state index contributed by atoms with van der Waals surface area (Å²) in [5, 5.41) is 17.0. The quantitative estimate of drug-likeness (QED) is 0.883. The van der Waals surface area contributed by atoms with Crippen LogP contribution in [-0.2, 0) is 11.2 Å². The van der Waals surface area contributed by atoms with Crippen LogP contribution in [0.1, 0.15) is 36.3 Å². The summed E-state index contributed by atoms with van der Waals surface area (Å²) in [5.74, 6) is 0.413. The van der Waals surface area contributed by atoms with Crippen molar-refractivity contribution in [2.75, 3.05) is 0 Å². The summed E-state index contributed by atoms with van der Waals surface area (Å²) in [6, 6.07) is 5.57. The van der Waals surface area contributed by atoms with E-state index in [1.165, 1.54) is 0 Å². The van der Waals surface area contributed by atoms with Gasteiger partial charge < -0.3 is 5.32 Å². The van der Waals surface area contributed by atoms with Gasteiger partial charge in [-0.3, -0.25) is 4.79 Å². The van der Waals surface area contributed by atoms with Crippen LogP contribution in [-0.4, -0.2) is 26.5 Å². The highest BCUT2D eigenvalue weighted by Gasteiger charge is 2.13. The van der Waals surface area contributed by atoms with E-state index in [0.29, 0.717) is 18.7 Å². The molecule has 1 atom stereocenters. The molecule has 0 saturated carbocycles. The van der Waals surface area contributed by atoms with Gasteiger partial charge in [-0.05, 0) is 37.5 Å². The highest BCUT2D eigenvalue weighted by molar-refractivity contribution is 6.31. The molecule has 0 bridgehead atoms. The number of hydrogen-bond acceptors (Lipinski definition) is 4. The van der Waals surface area contributed by atoms with E-state index >= 15 is 0 Å². The highest BCUT2D eigenvalue weighted by Crippen LogP contribution is 2.17. The summed E-state index contributed by atoms with van der Waals surface area (Å²) in [6.07, 6.45) is 1.03. The number of nitrogens with zero attached hydrogens (tertiary/aromatic N) is 3. The Balaban J connectivity index is 1.84. The molecule has 0 aliphatic rings. The first-order valence-corrected chi connectivity index (χ1v) is 6.72. The van der Waals surface area contributed by atoms with E-state index in [0.717, 1.165) is 16.1 Å². The Morgan fingerprint density at radius 1 is 1.50 bits per heavy atom. The van der Waals surface area contributed by atoms with Crippen LogP contribution in [0, 0.1) is 6.92 Å². The van der Waals surface area contributed by atoms with Crippen molar-refractivity contribution in [3.63, 3.8) is 0 Å². The lowest BCUT2D eigenvalue weighted by atomic mass is 10.1. The van der Waals surface area contributed by atoms with Crippen LogP contribution in [0.5, 0.6) is 0 Å². The first kappa shape index (κ1) is 14.5. The molecule has 1 aromatic carbocycles. The van der Waals surface area contributed by atoms with Crippen molar-refractivity contribution in [1.29, 1.82) is 0 Å². The number of tetrazole rings is 1. The fraction of sp³-hybridized carbons (Fsp3) is 0.385. The fourth-order valence-corrected chi connectivity index (χ4v) is 1.98. The van der Waals surface area contributed by atoms with Crippen LogP contribution in [0.2, 0.25) is 5.02 Å². The molecule has 20 heavy (non-hydrogen) atoms. The predicted molar refractivity (Wildman–Crippen MR) is 75.2 cm³/mol. The molecule has 2 rings (SSSR count). The summed E-state index contributed by atoms with van der Waals surface area (Å²) >= 11 is 6.05. The number of halogens is 1. The molecule has 2 N–H and O–H groups in total. The molecule has 0 saturated heterocycles. The van der Waals surface area contributed by atoms with E-state index in [-0.39, 0.29) is 11.9 Å². The van der Waals surface area contributed by atoms with Crippen LogP contribution < -0.4 is 5.32 Å². The second kappa shape index (κ2) is 6.47. The standard InChI is InChI=1S/C13H16ClN5O/c1-8-3-4-10(7-11(8)14)5-6-12(20)15-9(2)13-16-18-19-17-13/h3-4,7,9H,5-6H2,1-2H3,(H,15,20)(H,16,17,18,19). The number of H-pyrrole nitrogens is 1. The SMILES string of the molecule is Cc1ccc(CCC(=O)NC(C)c2nn[nH]n2)cc1Cl. The molecule has 0 aliphatic carbocycles. The molecule has 0 radical (unpaired) electrons. The zero-order valence-corrected chi connectivity index (χ0v) is 12.1. The number of aromatic amines is 1. The molecule has 0 spiro atoms. The Bertz CT molecular complexity index is 584. The molecule has 0 fully saturated rings. The third-order valence-electron chi connectivity index (χ3n) is 3.00. The number of amides is 1. The van der Waals surface area contributed by atoms with Gasteiger partial charge in [0.15, 0.2) is 5.82 Å². The maximum atomic E-state index is 11.8. The van der Waals surface area contributed by atoms with Crippen LogP contribution in [0.4, 0.5) is 0 Å². The number of nitrogens with one attached hydrogen (secondary N) is 2. The van der Waals surface area contributed by atoms with Gasteiger partial charge in [-0.25, -0.2) is 0 Å². The van der Waals surface area contributed by atoms with Gasteiger partial charge in [0, 0.05) is 11.4 Å². The van der Waals surface area contributed by atoms with Crippen molar-refractivity contribution in [3.05, 3.63) is 40.2 Å². The van der Waals surface area contributed by atoms with E-state index in [4.69, 9.17) is 11.6 Å². The maximum Gasteiger partial charge on any atom is 0.220 e. The number of carbonyl (C=O) groups is 1. The van der Waals surface area contributed by atoms with Crippen molar-refractivity contribution >= 4 is 17.5 Å². The molecule has 1 unspecified atom stereocenters. The molecule has 7 heteroatoms. The van der Waals surface area contributed by atoms with Gasteiger partial charge in [-0.1, -0.05) is 28.9 Å². The summed E-state index contributed by atoms with van der Waals surface area (Å²) in [7, 11) is 0. The van der Waals surface area contributed by atoms with Gasteiger partial charge in [0.1, 0.15) is 0 Å². The fourth-order valence-electron chi connectivity index (χ4n) is 1.78. The van der Waals surface area contributed by atoms with E-state index in [9.17, 15) is 4.79 Å². The number of aromatic nitrogens is 4. The lowest BCUT2D eigenvalue weighted by molar-refractivity contribution is -0.121. The first-order chi connectivity index (χ1) is 9.56. The zero-order valence-electron chi connectivity index (χ0n) is 11.4. The highest BCUT2D eigenvalue weighted by atomic mass is 35.5. The van der Waals surface area contributed by atoms with Crippen LogP contribution in [0.25, 0.3) is 0 Å². The van der Waals surface area contributed by atoms with Crippen molar-refractivity contribution < 1.29 is 4.79 Å². The number of carbonyl (C=O) groups excluding carboxylic acids is 1. The third-order valence-corrected chi connectivity index (χ3v) is 3.41. The first-order valence-electron chi connectivity index (χ1n) is 6.34. The zero-order chi connectivity index (χ0) is 14.5. The topological polar surface area (TPSA) is 83.6 Å².